The van der Waals surface area contributed by atoms with E-state index in [9.17, 15) is 4.79 Å². The van der Waals surface area contributed by atoms with Gasteiger partial charge in [-0.2, -0.15) is 5.10 Å². The predicted molar refractivity (Wildman–Crippen MR) is 206 cm³/mol. The van der Waals surface area contributed by atoms with Crippen LogP contribution in [-0.4, -0.2) is 98.9 Å². The highest BCUT2D eigenvalue weighted by molar-refractivity contribution is 9.10. The molecule has 3 heterocycles. The number of carbonyl (C=O) groups excluding carboxylic acids is 1. The summed E-state index contributed by atoms with van der Waals surface area (Å²) in [5, 5.41) is 5.27. The van der Waals surface area contributed by atoms with Gasteiger partial charge < -0.3 is 19.1 Å². The van der Waals surface area contributed by atoms with E-state index >= 15 is 0 Å². The maximum atomic E-state index is 13.8. The molecule has 2 aromatic heterocycles. The van der Waals surface area contributed by atoms with Crippen LogP contribution in [-0.2, 0) is 45.3 Å². The van der Waals surface area contributed by atoms with Crippen LogP contribution in [0.25, 0.3) is 22.6 Å². The molecule has 1 saturated heterocycles. The van der Waals surface area contributed by atoms with Crippen molar-refractivity contribution in [1.29, 1.82) is 0 Å². The maximum Gasteiger partial charge on any atom is 0.243 e. The van der Waals surface area contributed by atoms with Gasteiger partial charge in [-0.05, 0) is 77.7 Å². The van der Waals surface area contributed by atoms with E-state index in [0.29, 0.717) is 44.6 Å². The highest BCUT2D eigenvalue weighted by Crippen LogP contribution is 2.60. The van der Waals surface area contributed by atoms with Gasteiger partial charge in [0.15, 0.2) is 5.82 Å². The first kappa shape index (κ1) is 36.9. The lowest BCUT2D eigenvalue weighted by Gasteiger charge is -2.33. The number of benzene rings is 1. The smallest absolute Gasteiger partial charge is 0.243 e. The minimum atomic E-state index is -1.28. The largest absolute Gasteiger partial charge is 0.379 e. The van der Waals surface area contributed by atoms with Gasteiger partial charge in [0.1, 0.15) is 24.7 Å². The van der Waals surface area contributed by atoms with Crippen molar-refractivity contribution in [2.24, 2.45) is 11.3 Å². The second kappa shape index (κ2) is 14.3. The number of halogens is 1. The Morgan fingerprint density at radius 2 is 1.73 bits per heavy atom. The second-order valence-corrected chi connectivity index (χ2v) is 29.4. The summed E-state index contributed by atoms with van der Waals surface area (Å²) in [6.45, 7) is 23.8. The van der Waals surface area contributed by atoms with Crippen molar-refractivity contribution in [2.75, 3.05) is 51.5 Å². The minimum Gasteiger partial charge on any atom is -0.379 e. The molecule has 2 aliphatic carbocycles. The Hall–Kier alpha value is -1.88. The van der Waals surface area contributed by atoms with Gasteiger partial charge >= 0.3 is 0 Å². The van der Waals surface area contributed by atoms with E-state index in [0.717, 1.165) is 77.3 Å². The van der Waals surface area contributed by atoms with E-state index in [1.807, 2.05) is 20.0 Å². The zero-order chi connectivity index (χ0) is 35.3. The van der Waals surface area contributed by atoms with Gasteiger partial charge in [0.05, 0.1) is 24.8 Å². The number of carbonyl (C=O) groups is 1. The molecular formula is C36H57BrN6O4Si2. The second-order valence-electron chi connectivity index (χ2n) is 17.3. The average molecular weight is 774 g/mol. The highest BCUT2D eigenvalue weighted by Gasteiger charge is 2.54. The molecule has 0 bridgehead atoms. The molecule has 13 heteroatoms. The van der Waals surface area contributed by atoms with Crippen molar-refractivity contribution in [3.63, 3.8) is 0 Å². The molecule has 3 aromatic rings. The van der Waals surface area contributed by atoms with Crippen LogP contribution in [0.5, 0.6) is 0 Å². The van der Waals surface area contributed by atoms with Crippen LogP contribution < -0.4 is 4.90 Å². The third kappa shape index (κ3) is 8.28. The zero-order valence-corrected chi connectivity index (χ0v) is 34.8. The summed E-state index contributed by atoms with van der Waals surface area (Å²) < 4.78 is 23.4. The highest BCUT2D eigenvalue weighted by atomic mass is 79.9. The molecule has 2 fully saturated rings. The number of amides is 1. The van der Waals surface area contributed by atoms with E-state index < -0.39 is 16.1 Å². The van der Waals surface area contributed by atoms with Gasteiger partial charge in [-0.3, -0.25) is 14.3 Å². The van der Waals surface area contributed by atoms with E-state index in [1.54, 1.807) is 4.90 Å². The van der Waals surface area contributed by atoms with Gasteiger partial charge in [0.2, 0.25) is 5.91 Å². The Kier molecular flexibility index (Phi) is 10.7. The van der Waals surface area contributed by atoms with Crippen LogP contribution >= 0.6 is 15.9 Å². The van der Waals surface area contributed by atoms with Crippen LogP contribution in [0.1, 0.15) is 31.5 Å². The standard InChI is InChI=1S/C36H57BrN6O4Si2/c1-25(41-10-12-45-13-11-41)35(44)40(3)27-19-29(37)33-30(20-27)42(23-46-14-16-48(4,5)6)34(38-33)32-28-18-26-21-36(26,2)22-31(28)43(39-32)24-47-15-17-49(7,8)9/h19-20,25-26H,10-18,21-24H2,1-9H3/t25?,26-,36-/m1/s1. The lowest BCUT2D eigenvalue weighted by molar-refractivity contribution is -0.124. The van der Waals surface area contributed by atoms with E-state index in [1.165, 1.54) is 17.7 Å². The lowest BCUT2D eigenvalue weighted by atomic mass is 9.87. The molecule has 3 atom stereocenters. The van der Waals surface area contributed by atoms with Gasteiger partial charge in [-0.1, -0.05) is 46.2 Å². The van der Waals surface area contributed by atoms with Crippen LogP contribution in [0, 0.1) is 11.3 Å². The van der Waals surface area contributed by atoms with Gasteiger partial charge in [0, 0.05) is 70.9 Å². The van der Waals surface area contributed by atoms with E-state index in [4.69, 9.17) is 24.3 Å². The number of ether oxygens (including phenoxy) is 3. The van der Waals surface area contributed by atoms with E-state index in [-0.39, 0.29) is 11.9 Å². The van der Waals surface area contributed by atoms with Crippen molar-refractivity contribution in [3.8, 4) is 11.5 Å². The van der Waals surface area contributed by atoms with E-state index in [2.05, 4.69) is 82.4 Å². The summed E-state index contributed by atoms with van der Waals surface area (Å²) in [5.41, 5.74) is 6.46. The topological polar surface area (TPSA) is 86.9 Å². The van der Waals surface area contributed by atoms with Crippen LogP contribution in [0.2, 0.25) is 51.4 Å². The Balaban J connectivity index is 1.37. The number of rotatable bonds is 14. The van der Waals surface area contributed by atoms with Crippen molar-refractivity contribution in [2.45, 2.75) is 104 Å². The van der Waals surface area contributed by atoms with Gasteiger partial charge in [0.25, 0.3) is 0 Å². The molecule has 49 heavy (non-hydrogen) atoms. The summed E-state index contributed by atoms with van der Waals surface area (Å²) in [7, 11) is -0.608. The Labute approximate surface area is 303 Å². The van der Waals surface area contributed by atoms with Crippen molar-refractivity contribution in [1.82, 2.24) is 24.2 Å². The first-order chi connectivity index (χ1) is 23.0. The van der Waals surface area contributed by atoms with Gasteiger partial charge in [-0.25, -0.2) is 9.67 Å². The molecular weight excluding hydrogens is 717 g/mol. The molecule has 1 amide bonds. The van der Waals surface area contributed by atoms with Gasteiger partial charge in [-0.15, -0.1) is 0 Å². The summed E-state index contributed by atoms with van der Waals surface area (Å²) in [6, 6.07) is 6.07. The molecule has 0 radical (unpaired) electrons. The summed E-state index contributed by atoms with van der Waals surface area (Å²) in [6.07, 6.45) is 3.29. The summed E-state index contributed by atoms with van der Waals surface area (Å²) in [5.74, 6) is 1.56. The fourth-order valence-corrected chi connectivity index (χ4v) is 9.21. The van der Waals surface area contributed by atoms with Crippen molar-refractivity contribution in [3.05, 3.63) is 27.9 Å². The Morgan fingerprint density at radius 1 is 1.08 bits per heavy atom. The molecule has 270 valence electrons. The maximum absolute atomic E-state index is 13.8. The Bertz CT molecular complexity index is 1670. The molecule has 6 rings (SSSR count). The lowest BCUT2D eigenvalue weighted by Crippen LogP contribution is -2.50. The fourth-order valence-electron chi connectivity index (χ4n) is 7.17. The molecule has 10 nitrogen and oxygen atoms in total. The number of aromatic nitrogens is 4. The molecule has 3 aliphatic rings. The number of hydrogen-bond acceptors (Lipinski definition) is 7. The minimum absolute atomic E-state index is 0.0558. The molecule has 0 N–H and O–H groups in total. The number of nitrogens with zero attached hydrogens (tertiary/aromatic N) is 6. The van der Waals surface area contributed by atoms with Crippen LogP contribution in [0.15, 0.2) is 16.6 Å². The average Bonchev–Trinajstić information content (AvgIpc) is 3.39. The SMILES string of the molecule is CC(C(=O)N(C)c1cc(Br)c2nc(-c3nn(COCC[Si](C)(C)C)c4c3C[C@@H]3C[C@]3(C)C4)n(COCC[Si](C)(C)C)c2c1)N1CCOCC1. The molecule has 1 saturated carbocycles. The van der Waals surface area contributed by atoms with Crippen molar-refractivity contribution >= 4 is 54.7 Å². The predicted octanol–water partition coefficient (Wildman–Crippen LogP) is 7.10. The summed E-state index contributed by atoms with van der Waals surface area (Å²) in [4.78, 5) is 23.0. The molecule has 1 aliphatic heterocycles. The summed E-state index contributed by atoms with van der Waals surface area (Å²) >= 11 is 3.85. The number of morpholine rings is 1. The molecule has 0 spiro atoms. The normalized spacial score (nSPS) is 21.9. The third-order valence-electron chi connectivity index (χ3n) is 10.8. The first-order valence-electron chi connectivity index (χ1n) is 18.1. The number of hydrogen-bond donors (Lipinski definition) is 0. The first-order valence-corrected chi connectivity index (χ1v) is 26.3. The number of likely N-dealkylation sites (N-methyl/N-ethyl adjacent to an activating group) is 1. The molecule has 1 aromatic carbocycles. The van der Waals surface area contributed by atoms with Crippen LogP contribution in [0.4, 0.5) is 5.69 Å². The number of fused-ring (bicyclic) bond motifs is 3. The van der Waals surface area contributed by atoms with Crippen molar-refractivity contribution < 1.29 is 19.0 Å². The zero-order valence-electron chi connectivity index (χ0n) is 31.2. The number of imidazole rings is 1. The third-order valence-corrected chi connectivity index (χ3v) is 14.8. The monoisotopic (exact) mass is 772 g/mol. The van der Waals surface area contributed by atoms with Crippen LogP contribution in [0.3, 0.4) is 0 Å². The Morgan fingerprint density at radius 3 is 2.39 bits per heavy atom. The fraction of sp³-hybridized carbons (Fsp3) is 0.694. The quantitative estimate of drug-likeness (QED) is 0.128. The number of anilines is 1. The molecule has 1 unspecified atom stereocenters.